The maximum atomic E-state index is 5.78. The summed E-state index contributed by atoms with van der Waals surface area (Å²) in [4.78, 5) is 6.29. The summed E-state index contributed by atoms with van der Waals surface area (Å²) in [6, 6.07) is 2.52. The number of nitrogens with zero attached hydrogens (tertiary/aromatic N) is 2. The van der Waals surface area contributed by atoms with E-state index in [4.69, 9.17) is 5.73 Å². The molecule has 0 aliphatic heterocycles. The Kier molecular flexibility index (Phi) is 5.05. The van der Waals surface area contributed by atoms with Crippen LogP contribution in [-0.2, 0) is 0 Å². The van der Waals surface area contributed by atoms with E-state index in [1.54, 1.807) is 12.4 Å². The number of nitrogens with two attached hydrogens (primary N) is 1. The van der Waals surface area contributed by atoms with E-state index in [0.29, 0.717) is 11.7 Å². The average molecular weight is 222 g/mol. The Hall–Kier alpha value is -1.29. The lowest BCUT2D eigenvalue weighted by Crippen LogP contribution is -2.32. The lowest BCUT2D eigenvalue weighted by molar-refractivity contribution is 0.261. The zero-order chi connectivity index (χ0) is 12.0. The maximum Gasteiger partial charge on any atom is 0.0736 e. The van der Waals surface area contributed by atoms with Crippen LogP contribution in [-0.4, -0.2) is 36.1 Å². The van der Waals surface area contributed by atoms with Gasteiger partial charge in [-0.1, -0.05) is 6.92 Å². The molecule has 0 aliphatic carbocycles. The molecule has 1 aromatic rings. The van der Waals surface area contributed by atoms with E-state index in [0.717, 1.165) is 18.8 Å². The summed E-state index contributed by atoms with van der Waals surface area (Å²) in [5.74, 6) is 0. The fourth-order valence-corrected chi connectivity index (χ4v) is 1.47. The van der Waals surface area contributed by atoms with Crippen LogP contribution in [0.15, 0.2) is 18.5 Å². The topological polar surface area (TPSA) is 54.2 Å². The van der Waals surface area contributed by atoms with Gasteiger partial charge in [0.05, 0.1) is 17.6 Å². The molecule has 0 radical (unpaired) electrons. The highest BCUT2D eigenvalue weighted by molar-refractivity contribution is 5.64. The van der Waals surface area contributed by atoms with Gasteiger partial charge in [0, 0.05) is 25.3 Å². The lowest BCUT2D eigenvalue weighted by Gasteiger charge is -2.23. The number of likely N-dealkylation sites (N-methyl/N-ethyl adjacent to an activating group) is 1. The highest BCUT2D eigenvalue weighted by atomic mass is 15.1. The molecule has 0 aliphatic rings. The normalized spacial score (nSPS) is 12.8. The van der Waals surface area contributed by atoms with Crippen molar-refractivity contribution in [2.24, 2.45) is 0 Å². The largest absolute Gasteiger partial charge is 0.396 e. The van der Waals surface area contributed by atoms with Crippen molar-refractivity contribution < 1.29 is 0 Å². The number of hydrogen-bond donors (Lipinski definition) is 2. The standard InChI is InChI=1S/C12H22N4/c1-4-10(2)16(3)8-7-15-12-5-6-14-9-11(12)13/h5-6,9-10H,4,7-8,13H2,1-3H3,(H,14,15). The molecule has 1 atom stereocenters. The van der Waals surface area contributed by atoms with Crippen LogP contribution in [0.25, 0.3) is 0 Å². The molecule has 0 fully saturated rings. The third kappa shape index (κ3) is 3.70. The maximum absolute atomic E-state index is 5.78. The second kappa shape index (κ2) is 6.33. The summed E-state index contributed by atoms with van der Waals surface area (Å²) in [5, 5.41) is 3.32. The molecule has 0 saturated heterocycles. The third-order valence-electron chi connectivity index (χ3n) is 2.98. The van der Waals surface area contributed by atoms with E-state index in [2.05, 4.69) is 36.1 Å². The van der Waals surface area contributed by atoms with Crippen LogP contribution < -0.4 is 11.1 Å². The summed E-state index contributed by atoms with van der Waals surface area (Å²) in [5.41, 5.74) is 7.45. The van der Waals surface area contributed by atoms with E-state index in [1.807, 2.05) is 6.07 Å². The van der Waals surface area contributed by atoms with Crippen LogP contribution in [0.1, 0.15) is 20.3 Å². The predicted molar refractivity (Wildman–Crippen MR) is 69.5 cm³/mol. The fourth-order valence-electron chi connectivity index (χ4n) is 1.47. The van der Waals surface area contributed by atoms with Gasteiger partial charge in [-0.25, -0.2) is 0 Å². The van der Waals surface area contributed by atoms with Gasteiger partial charge in [0.2, 0.25) is 0 Å². The molecule has 1 rings (SSSR count). The highest BCUT2D eigenvalue weighted by Crippen LogP contribution is 2.14. The molecule has 0 amide bonds. The van der Waals surface area contributed by atoms with Crippen molar-refractivity contribution in [1.82, 2.24) is 9.88 Å². The molecule has 4 nitrogen and oxygen atoms in total. The van der Waals surface area contributed by atoms with Gasteiger partial charge in [0.15, 0.2) is 0 Å². The summed E-state index contributed by atoms with van der Waals surface area (Å²) in [7, 11) is 2.14. The average Bonchev–Trinajstić information content (AvgIpc) is 2.30. The summed E-state index contributed by atoms with van der Waals surface area (Å²) in [6.45, 7) is 6.35. The number of nitrogens with one attached hydrogen (secondary N) is 1. The monoisotopic (exact) mass is 222 g/mol. The minimum Gasteiger partial charge on any atom is -0.396 e. The molecule has 0 aromatic carbocycles. The van der Waals surface area contributed by atoms with Crippen LogP contribution in [0.3, 0.4) is 0 Å². The first-order valence-electron chi connectivity index (χ1n) is 5.78. The van der Waals surface area contributed by atoms with Crippen molar-refractivity contribution in [3.05, 3.63) is 18.5 Å². The van der Waals surface area contributed by atoms with Crippen molar-refractivity contribution in [2.75, 3.05) is 31.2 Å². The smallest absolute Gasteiger partial charge is 0.0736 e. The van der Waals surface area contributed by atoms with Gasteiger partial charge in [-0.3, -0.25) is 4.98 Å². The summed E-state index contributed by atoms with van der Waals surface area (Å²) in [6.07, 6.45) is 4.59. The predicted octanol–water partition coefficient (Wildman–Crippen LogP) is 1.81. The van der Waals surface area contributed by atoms with Crippen LogP contribution in [0, 0.1) is 0 Å². The Balaban J connectivity index is 2.33. The number of pyridine rings is 1. The second-order valence-corrected chi connectivity index (χ2v) is 4.13. The van der Waals surface area contributed by atoms with Gasteiger partial charge in [-0.2, -0.15) is 0 Å². The molecule has 90 valence electrons. The zero-order valence-corrected chi connectivity index (χ0v) is 10.4. The molecule has 0 spiro atoms. The zero-order valence-electron chi connectivity index (χ0n) is 10.4. The lowest BCUT2D eigenvalue weighted by atomic mass is 10.2. The fraction of sp³-hybridized carbons (Fsp3) is 0.583. The Morgan fingerprint density at radius 1 is 1.56 bits per heavy atom. The number of rotatable bonds is 6. The molecule has 16 heavy (non-hydrogen) atoms. The number of nitrogen functional groups attached to an aromatic ring is 1. The molecular formula is C12H22N4. The molecular weight excluding hydrogens is 200 g/mol. The summed E-state index contributed by atoms with van der Waals surface area (Å²) >= 11 is 0. The highest BCUT2D eigenvalue weighted by Gasteiger charge is 2.05. The van der Waals surface area contributed by atoms with Crippen molar-refractivity contribution in [3.63, 3.8) is 0 Å². The first-order chi connectivity index (χ1) is 7.65. The van der Waals surface area contributed by atoms with Crippen LogP contribution in [0.2, 0.25) is 0 Å². The Morgan fingerprint density at radius 3 is 2.94 bits per heavy atom. The minimum atomic E-state index is 0.622. The molecule has 3 N–H and O–H groups in total. The Labute approximate surface area is 97.9 Å². The van der Waals surface area contributed by atoms with Crippen molar-refractivity contribution >= 4 is 11.4 Å². The van der Waals surface area contributed by atoms with Gasteiger partial charge in [-0.05, 0) is 26.5 Å². The second-order valence-electron chi connectivity index (χ2n) is 4.13. The quantitative estimate of drug-likeness (QED) is 0.770. The van der Waals surface area contributed by atoms with Crippen LogP contribution in [0.5, 0.6) is 0 Å². The van der Waals surface area contributed by atoms with Crippen molar-refractivity contribution in [3.8, 4) is 0 Å². The number of aromatic nitrogens is 1. The van der Waals surface area contributed by atoms with E-state index >= 15 is 0 Å². The molecule has 0 saturated carbocycles. The molecule has 1 aromatic heterocycles. The van der Waals surface area contributed by atoms with Gasteiger partial charge < -0.3 is 16.0 Å². The Morgan fingerprint density at radius 2 is 2.31 bits per heavy atom. The van der Waals surface area contributed by atoms with Gasteiger partial charge in [0.25, 0.3) is 0 Å². The van der Waals surface area contributed by atoms with Crippen molar-refractivity contribution in [2.45, 2.75) is 26.3 Å². The van der Waals surface area contributed by atoms with Gasteiger partial charge >= 0.3 is 0 Å². The van der Waals surface area contributed by atoms with Gasteiger partial charge in [-0.15, -0.1) is 0 Å². The first kappa shape index (κ1) is 12.8. The number of hydrogen-bond acceptors (Lipinski definition) is 4. The van der Waals surface area contributed by atoms with E-state index in [9.17, 15) is 0 Å². The molecule has 1 unspecified atom stereocenters. The van der Waals surface area contributed by atoms with Gasteiger partial charge in [0.1, 0.15) is 0 Å². The number of anilines is 2. The van der Waals surface area contributed by atoms with E-state index in [1.165, 1.54) is 6.42 Å². The van der Waals surface area contributed by atoms with E-state index in [-0.39, 0.29) is 0 Å². The third-order valence-corrected chi connectivity index (χ3v) is 2.98. The van der Waals surface area contributed by atoms with Crippen molar-refractivity contribution in [1.29, 1.82) is 0 Å². The van der Waals surface area contributed by atoms with Crippen LogP contribution in [0.4, 0.5) is 11.4 Å². The first-order valence-corrected chi connectivity index (χ1v) is 5.78. The Bertz CT molecular complexity index is 314. The van der Waals surface area contributed by atoms with E-state index < -0.39 is 0 Å². The minimum absolute atomic E-state index is 0.622. The SMILES string of the molecule is CCC(C)N(C)CCNc1ccncc1N. The molecule has 4 heteroatoms. The summed E-state index contributed by atoms with van der Waals surface area (Å²) < 4.78 is 0. The molecule has 0 bridgehead atoms. The van der Waals surface area contributed by atoms with Crippen LogP contribution >= 0.6 is 0 Å². The molecule has 1 heterocycles.